The first kappa shape index (κ1) is 17.1. The van der Waals surface area contributed by atoms with E-state index in [0.717, 1.165) is 21.2 Å². The molecule has 0 saturated carbocycles. The number of hydrogen-bond acceptors (Lipinski definition) is 4. The zero-order valence-electron chi connectivity index (χ0n) is 13.4. The minimum absolute atomic E-state index is 0.242. The lowest BCUT2D eigenvalue weighted by Crippen LogP contribution is -2.42. The predicted octanol–water partition coefficient (Wildman–Crippen LogP) is 2.79. The molecule has 0 aliphatic heterocycles. The third-order valence-corrected chi connectivity index (χ3v) is 5.05. The number of carbonyl (C=O) groups is 2. The number of benzene rings is 2. The Morgan fingerprint density at radius 1 is 1.12 bits per heavy atom. The van der Waals surface area contributed by atoms with Gasteiger partial charge in [0.05, 0.1) is 0 Å². The molecule has 2 aromatic carbocycles. The van der Waals surface area contributed by atoms with Crippen LogP contribution in [0.4, 0.5) is 0 Å². The molecule has 0 radical (unpaired) electrons. The summed E-state index contributed by atoms with van der Waals surface area (Å²) in [5.41, 5.74) is 7.79. The van der Waals surface area contributed by atoms with E-state index in [2.05, 4.69) is 5.32 Å². The maximum atomic E-state index is 12.3. The molecule has 6 heteroatoms. The van der Waals surface area contributed by atoms with Gasteiger partial charge in [0.1, 0.15) is 6.04 Å². The molecule has 0 aliphatic carbocycles. The first-order valence-electron chi connectivity index (χ1n) is 7.86. The molecule has 0 spiro atoms. The standard InChI is InChI=1S/C19H18N2O3S/c20-10-12-5-7-13(8-6-12)18(22)21-16(19(23)24)9-14-11-25-17-4-2-1-3-15(14)17/h1-8,11,16H,9-10,20H2,(H,21,22)(H,23,24)/t16-/m0/s1. The molecule has 1 atom stereocenters. The first-order chi connectivity index (χ1) is 12.1. The van der Waals surface area contributed by atoms with Crippen LogP contribution in [0.15, 0.2) is 53.9 Å². The molecule has 3 rings (SSSR count). The number of rotatable bonds is 6. The summed E-state index contributed by atoms with van der Waals surface area (Å²) in [4.78, 5) is 23.9. The number of nitrogens with two attached hydrogens (primary N) is 1. The average molecular weight is 354 g/mol. The van der Waals surface area contributed by atoms with Crippen LogP contribution < -0.4 is 11.1 Å². The average Bonchev–Trinajstić information content (AvgIpc) is 3.04. The van der Waals surface area contributed by atoms with E-state index in [1.807, 2.05) is 29.6 Å². The number of carboxylic acids is 1. The number of carboxylic acid groups (broad SMARTS) is 1. The smallest absolute Gasteiger partial charge is 0.326 e. The van der Waals surface area contributed by atoms with E-state index in [4.69, 9.17) is 5.73 Å². The second-order valence-corrected chi connectivity index (χ2v) is 6.64. The number of thiophene rings is 1. The van der Waals surface area contributed by atoms with Crippen molar-refractivity contribution in [3.8, 4) is 0 Å². The minimum atomic E-state index is -1.05. The topological polar surface area (TPSA) is 92.4 Å². The van der Waals surface area contributed by atoms with Crippen LogP contribution in [0, 0.1) is 0 Å². The molecule has 25 heavy (non-hydrogen) atoms. The molecule has 1 heterocycles. The Morgan fingerprint density at radius 3 is 2.52 bits per heavy atom. The lowest BCUT2D eigenvalue weighted by atomic mass is 10.0. The van der Waals surface area contributed by atoms with Crippen molar-refractivity contribution in [1.29, 1.82) is 0 Å². The minimum Gasteiger partial charge on any atom is -0.480 e. The van der Waals surface area contributed by atoms with Crippen molar-refractivity contribution in [2.45, 2.75) is 19.0 Å². The monoisotopic (exact) mass is 354 g/mol. The van der Waals surface area contributed by atoms with Crippen molar-refractivity contribution in [3.05, 3.63) is 70.6 Å². The fraction of sp³-hybridized carbons (Fsp3) is 0.158. The van der Waals surface area contributed by atoms with Gasteiger partial charge in [-0.15, -0.1) is 11.3 Å². The SMILES string of the molecule is NCc1ccc(C(=O)N[C@@H](Cc2csc3ccccc23)C(=O)O)cc1. The zero-order valence-corrected chi connectivity index (χ0v) is 14.3. The van der Waals surface area contributed by atoms with Crippen molar-refractivity contribution in [1.82, 2.24) is 5.32 Å². The van der Waals surface area contributed by atoms with E-state index in [0.29, 0.717) is 12.1 Å². The van der Waals surface area contributed by atoms with Gasteiger partial charge in [-0.2, -0.15) is 0 Å². The highest BCUT2D eigenvalue weighted by atomic mass is 32.1. The van der Waals surface area contributed by atoms with Crippen LogP contribution in [0.5, 0.6) is 0 Å². The summed E-state index contributed by atoms with van der Waals surface area (Å²) in [6.07, 6.45) is 0.242. The van der Waals surface area contributed by atoms with Gasteiger partial charge in [-0.05, 0) is 40.1 Å². The molecule has 5 nitrogen and oxygen atoms in total. The maximum Gasteiger partial charge on any atom is 0.326 e. The lowest BCUT2D eigenvalue weighted by molar-refractivity contribution is -0.139. The van der Waals surface area contributed by atoms with Crippen molar-refractivity contribution in [2.24, 2.45) is 5.73 Å². The molecule has 0 unspecified atom stereocenters. The number of fused-ring (bicyclic) bond motifs is 1. The van der Waals surface area contributed by atoms with Gasteiger partial charge in [0.2, 0.25) is 0 Å². The second-order valence-electron chi connectivity index (χ2n) is 5.73. The highest BCUT2D eigenvalue weighted by Gasteiger charge is 2.22. The fourth-order valence-electron chi connectivity index (χ4n) is 2.64. The van der Waals surface area contributed by atoms with Gasteiger partial charge in [0.25, 0.3) is 5.91 Å². The molecule has 4 N–H and O–H groups in total. The second kappa shape index (κ2) is 7.46. The van der Waals surface area contributed by atoms with Crippen LogP contribution in [0.2, 0.25) is 0 Å². The highest BCUT2D eigenvalue weighted by Crippen LogP contribution is 2.26. The maximum absolute atomic E-state index is 12.3. The van der Waals surface area contributed by atoms with Gasteiger partial charge in [-0.3, -0.25) is 4.79 Å². The summed E-state index contributed by atoms with van der Waals surface area (Å²) in [7, 11) is 0. The van der Waals surface area contributed by atoms with Crippen molar-refractivity contribution in [3.63, 3.8) is 0 Å². The molecule has 1 amide bonds. The molecule has 0 bridgehead atoms. The van der Waals surface area contributed by atoms with Crippen molar-refractivity contribution >= 4 is 33.3 Å². The van der Waals surface area contributed by atoms with Crippen molar-refractivity contribution < 1.29 is 14.7 Å². The van der Waals surface area contributed by atoms with Gasteiger partial charge < -0.3 is 16.2 Å². The van der Waals surface area contributed by atoms with E-state index in [-0.39, 0.29) is 6.42 Å². The van der Waals surface area contributed by atoms with Crippen LogP contribution in [0.25, 0.3) is 10.1 Å². The quantitative estimate of drug-likeness (QED) is 0.635. The number of hydrogen-bond donors (Lipinski definition) is 3. The normalized spacial score (nSPS) is 12.0. The third kappa shape index (κ3) is 3.87. The van der Waals surface area contributed by atoms with E-state index in [1.165, 1.54) is 0 Å². The van der Waals surface area contributed by atoms with Gasteiger partial charge in [0, 0.05) is 23.2 Å². The predicted molar refractivity (Wildman–Crippen MR) is 98.8 cm³/mol. The summed E-state index contributed by atoms with van der Waals surface area (Å²) in [6.45, 7) is 0.394. The van der Waals surface area contributed by atoms with E-state index >= 15 is 0 Å². The van der Waals surface area contributed by atoms with Gasteiger partial charge in [-0.25, -0.2) is 4.79 Å². The van der Waals surface area contributed by atoms with Crippen LogP contribution in [-0.2, 0) is 17.8 Å². The Bertz CT molecular complexity index is 902. The molecular weight excluding hydrogens is 336 g/mol. The number of carbonyl (C=O) groups excluding carboxylic acids is 1. The molecule has 0 aliphatic rings. The Labute approximate surface area is 149 Å². The number of amides is 1. The largest absolute Gasteiger partial charge is 0.480 e. The van der Waals surface area contributed by atoms with Crippen LogP contribution >= 0.6 is 11.3 Å². The molecule has 128 valence electrons. The fourth-order valence-corrected chi connectivity index (χ4v) is 3.62. The zero-order chi connectivity index (χ0) is 17.8. The van der Waals surface area contributed by atoms with Gasteiger partial charge >= 0.3 is 5.97 Å². The van der Waals surface area contributed by atoms with Crippen LogP contribution in [-0.4, -0.2) is 23.0 Å². The van der Waals surface area contributed by atoms with E-state index in [9.17, 15) is 14.7 Å². The Kier molecular flexibility index (Phi) is 5.11. The van der Waals surface area contributed by atoms with Crippen LogP contribution in [0.3, 0.4) is 0 Å². The summed E-state index contributed by atoms with van der Waals surface area (Å²) in [5.74, 6) is -1.46. The Balaban J connectivity index is 1.76. The third-order valence-electron chi connectivity index (χ3n) is 4.04. The first-order valence-corrected chi connectivity index (χ1v) is 8.74. The molecule has 1 aromatic heterocycles. The Hall–Kier alpha value is -2.70. The summed E-state index contributed by atoms with van der Waals surface area (Å²) >= 11 is 1.57. The Morgan fingerprint density at radius 2 is 1.84 bits per heavy atom. The molecule has 3 aromatic rings. The summed E-state index contributed by atoms with van der Waals surface area (Å²) in [6, 6.07) is 13.7. The van der Waals surface area contributed by atoms with Gasteiger partial charge in [-0.1, -0.05) is 30.3 Å². The van der Waals surface area contributed by atoms with E-state index < -0.39 is 17.9 Å². The molecule has 0 fully saturated rings. The molecular formula is C19H18N2O3S. The summed E-state index contributed by atoms with van der Waals surface area (Å²) < 4.78 is 1.10. The summed E-state index contributed by atoms with van der Waals surface area (Å²) in [5, 5.41) is 15.1. The van der Waals surface area contributed by atoms with Crippen LogP contribution in [0.1, 0.15) is 21.5 Å². The molecule has 0 saturated heterocycles. The number of nitrogens with one attached hydrogen (secondary N) is 1. The van der Waals surface area contributed by atoms with Gasteiger partial charge in [0.15, 0.2) is 0 Å². The van der Waals surface area contributed by atoms with E-state index in [1.54, 1.807) is 35.6 Å². The van der Waals surface area contributed by atoms with Crippen molar-refractivity contribution in [2.75, 3.05) is 0 Å². The highest BCUT2D eigenvalue weighted by molar-refractivity contribution is 7.17. The lowest BCUT2D eigenvalue weighted by Gasteiger charge is -2.14. The number of aliphatic carboxylic acids is 1.